The predicted octanol–water partition coefficient (Wildman–Crippen LogP) is 1.05. The fourth-order valence-corrected chi connectivity index (χ4v) is 2.52. The fourth-order valence-electron chi connectivity index (χ4n) is 1.56. The Morgan fingerprint density at radius 1 is 1.53 bits per heavy atom. The Balaban J connectivity index is 2.45. The van der Waals surface area contributed by atoms with Gasteiger partial charge in [-0.25, -0.2) is 0 Å². The molecule has 0 aliphatic rings. The average Bonchev–Trinajstić information content (AvgIpc) is 2.77. The Kier molecular flexibility index (Phi) is 7.19. The minimum absolute atomic E-state index is 0.0458. The summed E-state index contributed by atoms with van der Waals surface area (Å²) in [5, 5.41) is 11.4. The highest BCUT2D eigenvalue weighted by molar-refractivity contribution is 7.12. The van der Waals surface area contributed by atoms with Crippen LogP contribution in [0.4, 0.5) is 0 Å². The van der Waals surface area contributed by atoms with E-state index in [1.165, 1.54) is 4.88 Å². The van der Waals surface area contributed by atoms with Gasteiger partial charge in [0.25, 0.3) is 0 Å². The van der Waals surface area contributed by atoms with Crippen molar-refractivity contribution in [2.24, 2.45) is 0 Å². The average molecular weight is 280 g/mol. The molecule has 2 N–H and O–H groups in total. The molecule has 0 fully saturated rings. The number of hydrogen-bond donors (Lipinski definition) is 2. The summed E-state index contributed by atoms with van der Waals surface area (Å²) in [6.45, 7) is 3.81. The van der Waals surface area contributed by atoms with Crippen LogP contribution in [0.25, 0.3) is 0 Å². The van der Waals surface area contributed by atoms with E-state index in [0.29, 0.717) is 19.5 Å². The van der Waals surface area contributed by atoms with E-state index < -0.39 is 0 Å². The number of likely N-dealkylation sites (N-methyl/N-ethyl adjacent to an activating group) is 2. The lowest BCUT2D eigenvalue weighted by Crippen LogP contribution is -2.34. The summed E-state index contributed by atoms with van der Waals surface area (Å²) < 4.78 is 0. The summed E-state index contributed by atoms with van der Waals surface area (Å²) in [4.78, 5) is 15.6. The first kappa shape index (κ1) is 15.7. The van der Waals surface area contributed by atoms with Crippen LogP contribution in [0.2, 0.25) is 0 Å². The number of amides is 1. The van der Waals surface area contributed by atoms with Gasteiger partial charge in [-0.2, -0.15) is 0 Å². The van der Waals surface area contributed by atoms with E-state index in [1.54, 1.807) is 11.3 Å². The predicted molar refractivity (Wildman–Crippen MR) is 77.9 cm³/mol. The summed E-state index contributed by atoms with van der Waals surface area (Å²) in [7, 11) is 1.92. The van der Waals surface area contributed by atoms with Crippen LogP contribution in [0.3, 0.4) is 0 Å². The number of rotatable bonds is 6. The van der Waals surface area contributed by atoms with E-state index in [2.05, 4.69) is 17.2 Å². The smallest absolute Gasteiger partial charge is 0.234 e. The second-order valence-corrected chi connectivity index (χ2v) is 5.34. The highest BCUT2D eigenvalue weighted by Gasteiger charge is 2.07. The van der Waals surface area contributed by atoms with Crippen molar-refractivity contribution < 1.29 is 9.90 Å². The Bertz CT molecular complexity index is 460. The molecule has 5 heteroatoms. The first-order chi connectivity index (χ1) is 9.15. The Hall–Kier alpha value is -1.35. The van der Waals surface area contributed by atoms with Crippen molar-refractivity contribution in [2.45, 2.75) is 19.9 Å². The van der Waals surface area contributed by atoms with Gasteiger partial charge in [-0.15, -0.1) is 11.3 Å². The summed E-state index contributed by atoms with van der Waals surface area (Å²) in [6, 6.07) is 4.01. The molecule has 0 aliphatic carbocycles. The molecule has 1 aromatic rings. The molecule has 1 amide bonds. The largest absolute Gasteiger partial charge is 0.395 e. The van der Waals surface area contributed by atoms with Gasteiger partial charge >= 0.3 is 0 Å². The standard InChI is InChI=1S/C14H20N2O2S/c1-3-15-14(18)11-16(2)10-13-8-7-12(19-13)6-4-5-9-17/h7-8,17H,3,5,9-11H2,1-2H3,(H,15,18). The number of hydrogen-bond acceptors (Lipinski definition) is 4. The number of carbonyl (C=O) groups excluding carboxylic acids is 1. The molecule has 0 atom stereocenters. The molecule has 19 heavy (non-hydrogen) atoms. The zero-order valence-electron chi connectivity index (χ0n) is 11.4. The van der Waals surface area contributed by atoms with Crippen molar-refractivity contribution in [2.75, 3.05) is 26.7 Å². The maximum Gasteiger partial charge on any atom is 0.234 e. The molecule has 1 aromatic heterocycles. The van der Waals surface area contributed by atoms with Crippen molar-refractivity contribution in [1.82, 2.24) is 10.2 Å². The second-order valence-electron chi connectivity index (χ2n) is 4.17. The Labute approximate surface area is 118 Å². The summed E-state index contributed by atoms with van der Waals surface area (Å²) in [6.07, 6.45) is 0.504. The van der Waals surface area contributed by atoms with Crippen molar-refractivity contribution in [1.29, 1.82) is 0 Å². The molecule has 0 bridgehead atoms. The van der Waals surface area contributed by atoms with Crippen molar-refractivity contribution >= 4 is 17.2 Å². The highest BCUT2D eigenvalue weighted by atomic mass is 32.1. The summed E-state index contributed by atoms with van der Waals surface area (Å²) in [5.74, 6) is 5.96. The van der Waals surface area contributed by atoms with Crippen LogP contribution in [-0.2, 0) is 11.3 Å². The molecule has 0 saturated carbocycles. The highest BCUT2D eigenvalue weighted by Crippen LogP contribution is 2.16. The van der Waals surface area contributed by atoms with Crippen molar-refractivity contribution in [3.05, 3.63) is 21.9 Å². The van der Waals surface area contributed by atoms with Gasteiger partial charge < -0.3 is 10.4 Å². The van der Waals surface area contributed by atoms with Crippen LogP contribution in [0.5, 0.6) is 0 Å². The molecule has 0 aliphatic heterocycles. The number of aliphatic hydroxyl groups excluding tert-OH is 1. The van der Waals surface area contributed by atoms with Gasteiger partial charge in [0.15, 0.2) is 0 Å². The van der Waals surface area contributed by atoms with Crippen LogP contribution >= 0.6 is 11.3 Å². The third-order valence-electron chi connectivity index (χ3n) is 2.32. The van der Waals surface area contributed by atoms with Crippen molar-refractivity contribution in [3.63, 3.8) is 0 Å². The van der Waals surface area contributed by atoms with Crippen LogP contribution in [0, 0.1) is 11.8 Å². The molecular formula is C14H20N2O2S. The maximum atomic E-state index is 11.4. The zero-order valence-corrected chi connectivity index (χ0v) is 12.2. The lowest BCUT2D eigenvalue weighted by atomic mass is 10.3. The third kappa shape index (κ3) is 6.39. The minimum Gasteiger partial charge on any atom is -0.395 e. The lowest BCUT2D eigenvalue weighted by molar-refractivity contribution is -0.121. The van der Waals surface area contributed by atoms with Crippen LogP contribution < -0.4 is 5.32 Å². The minimum atomic E-state index is 0.0458. The van der Waals surface area contributed by atoms with Gasteiger partial charge in [0, 0.05) is 24.4 Å². The SMILES string of the molecule is CCNC(=O)CN(C)Cc1ccc(C#CCCO)s1. The first-order valence-corrected chi connectivity index (χ1v) is 7.11. The number of thiophene rings is 1. The van der Waals surface area contributed by atoms with Gasteiger partial charge in [-0.3, -0.25) is 9.69 Å². The van der Waals surface area contributed by atoms with Crippen LogP contribution in [-0.4, -0.2) is 42.7 Å². The number of nitrogens with zero attached hydrogens (tertiary/aromatic N) is 1. The molecule has 0 spiro atoms. The molecule has 1 rings (SSSR count). The maximum absolute atomic E-state index is 11.4. The molecule has 4 nitrogen and oxygen atoms in total. The van der Waals surface area contributed by atoms with E-state index in [1.807, 2.05) is 31.0 Å². The first-order valence-electron chi connectivity index (χ1n) is 6.29. The van der Waals surface area contributed by atoms with E-state index in [9.17, 15) is 4.79 Å². The molecule has 0 unspecified atom stereocenters. The van der Waals surface area contributed by atoms with Crippen LogP contribution in [0.1, 0.15) is 23.1 Å². The van der Waals surface area contributed by atoms with Gasteiger partial charge in [-0.05, 0) is 26.1 Å². The zero-order chi connectivity index (χ0) is 14.1. The molecule has 0 saturated heterocycles. The fraction of sp³-hybridized carbons (Fsp3) is 0.500. The van der Waals surface area contributed by atoms with Gasteiger partial charge in [0.05, 0.1) is 18.0 Å². The number of aliphatic hydroxyl groups is 1. The van der Waals surface area contributed by atoms with Crippen LogP contribution in [0.15, 0.2) is 12.1 Å². The quantitative estimate of drug-likeness (QED) is 0.766. The van der Waals surface area contributed by atoms with E-state index in [-0.39, 0.29) is 12.5 Å². The summed E-state index contributed by atoms with van der Waals surface area (Å²) >= 11 is 1.62. The molecule has 0 aromatic carbocycles. The molecular weight excluding hydrogens is 260 g/mol. The van der Waals surface area contributed by atoms with E-state index in [0.717, 1.165) is 11.4 Å². The normalized spacial score (nSPS) is 10.1. The van der Waals surface area contributed by atoms with Gasteiger partial charge in [0.1, 0.15) is 0 Å². The van der Waals surface area contributed by atoms with Gasteiger partial charge in [0.2, 0.25) is 5.91 Å². The van der Waals surface area contributed by atoms with E-state index in [4.69, 9.17) is 5.11 Å². The Morgan fingerprint density at radius 2 is 2.32 bits per heavy atom. The molecule has 104 valence electrons. The number of carbonyl (C=O) groups is 1. The second kappa shape index (κ2) is 8.70. The third-order valence-corrected chi connectivity index (χ3v) is 3.31. The molecule has 1 heterocycles. The summed E-state index contributed by atoms with van der Waals surface area (Å²) in [5.41, 5.74) is 0. The molecule has 0 radical (unpaired) electrons. The monoisotopic (exact) mass is 280 g/mol. The topological polar surface area (TPSA) is 52.6 Å². The lowest BCUT2D eigenvalue weighted by Gasteiger charge is -2.14. The van der Waals surface area contributed by atoms with E-state index >= 15 is 0 Å². The Morgan fingerprint density at radius 3 is 3.00 bits per heavy atom. The van der Waals surface area contributed by atoms with Crippen molar-refractivity contribution in [3.8, 4) is 11.8 Å². The number of nitrogens with one attached hydrogen (secondary N) is 1. The van der Waals surface area contributed by atoms with Gasteiger partial charge in [-0.1, -0.05) is 11.8 Å².